The molecule has 0 rings (SSSR count). The van der Waals surface area contributed by atoms with E-state index in [4.69, 9.17) is 12.2 Å². The van der Waals surface area contributed by atoms with Gasteiger partial charge in [0.2, 0.25) is 5.91 Å². The SMILES string of the molecule is C#CC(C)NC(=O)CCCCN. The molecule has 12 heavy (non-hydrogen) atoms. The van der Waals surface area contributed by atoms with E-state index < -0.39 is 0 Å². The molecule has 3 heteroatoms. The summed E-state index contributed by atoms with van der Waals surface area (Å²) in [6.45, 7) is 2.42. The zero-order chi connectivity index (χ0) is 9.40. The molecule has 68 valence electrons. The average molecular weight is 168 g/mol. The van der Waals surface area contributed by atoms with Crippen LogP contribution in [-0.2, 0) is 4.79 Å². The average Bonchev–Trinajstić information content (AvgIpc) is 2.05. The number of rotatable bonds is 5. The molecule has 3 nitrogen and oxygen atoms in total. The number of amides is 1. The smallest absolute Gasteiger partial charge is 0.220 e. The van der Waals surface area contributed by atoms with E-state index in [9.17, 15) is 4.79 Å². The molecule has 0 saturated carbocycles. The van der Waals surface area contributed by atoms with Crippen LogP contribution >= 0.6 is 0 Å². The van der Waals surface area contributed by atoms with Gasteiger partial charge in [0.25, 0.3) is 0 Å². The first kappa shape index (κ1) is 11.0. The van der Waals surface area contributed by atoms with Gasteiger partial charge in [-0.3, -0.25) is 4.79 Å². The fraction of sp³-hybridized carbons (Fsp3) is 0.667. The van der Waals surface area contributed by atoms with Crippen molar-refractivity contribution in [2.45, 2.75) is 32.2 Å². The first-order valence-electron chi connectivity index (χ1n) is 4.16. The number of carbonyl (C=O) groups is 1. The third-order valence-corrected chi connectivity index (χ3v) is 1.49. The van der Waals surface area contributed by atoms with Gasteiger partial charge in [-0.1, -0.05) is 5.92 Å². The topological polar surface area (TPSA) is 55.1 Å². The van der Waals surface area contributed by atoms with E-state index >= 15 is 0 Å². The minimum Gasteiger partial charge on any atom is -0.343 e. The van der Waals surface area contributed by atoms with Crippen molar-refractivity contribution in [2.24, 2.45) is 5.73 Å². The summed E-state index contributed by atoms with van der Waals surface area (Å²) in [7, 11) is 0. The molecule has 1 atom stereocenters. The molecule has 0 fully saturated rings. The number of nitrogens with two attached hydrogens (primary N) is 1. The van der Waals surface area contributed by atoms with E-state index in [0.29, 0.717) is 13.0 Å². The van der Waals surface area contributed by atoms with Gasteiger partial charge in [0, 0.05) is 6.42 Å². The molecule has 0 spiro atoms. The van der Waals surface area contributed by atoms with Gasteiger partial charge in [-0.05, 0) is 26.3 Å². The normalized spacial score (nSPS) is 11.8. The van der Waals surface area contributed by atoms with Crippen molar-refractivity contribution < 1.29 is 4.79 Å². The number of unbranched alkanes of at least 4 members (excludes halogenated alkanes) is 1. The van der Waals surface area contributed by atoms with Crippen LogP contribution in [-0.4, -0.2) is 18.5 Å². The Morgan fingerprint density at radius 2 is 2.33 bits per heavy atom. The highest BCUT2D eigenvalue weighted by molar-refractivity contribution is 5.76. The molecule has 0 heterocycles. The lowest BCUT2D eigenvalue weighted by molar-refractivity contribution is -0.121. The van der Waals surface area contributed by atoms with Crippen LogP contribution in [0.5, 0.6) is 0 Å². The Bertz CT molecular complexity index is 172. The molecule has 1 unspecified atom stereocenters. The van der Waals surface area contributed by atoms with Gasteiger partial charge < -0.3 is 11.1 Å². The quantitative estimate of drug-likeness (QED) is 0.457. The fourth-order valence-electron chi connectivity index (χ4n) is 0.785. The van der Waals surface area contributed by atoms with Crippen LogP contribution < -0.4 is 11.1 Å². The van der Waals surface area contributed by atoms with Crippen molar-refractivity contribution in [2.75, 3.05) is 6.54 Å². The maximum Gasteiger partial charge on any atom is 0.220 e. The molecular formula is C9H16N2O. The van der Waals surface area contributed by atoms with Gasteiger partial charge in [-0.25, -0.2) is 0 Å². The van der Waals surface area contributed by atoms with Crippen LogP contribution in [0.2, 0.25) is 0 Å². The summed E-state index contributed by atoms with van der Waals surface area (Å²) >= 11 is 0. The Kier molecular flexibility index (Phi) is 6.12. The van der Waals surface area contributed by atoms with Gasteiger partial charge in [-0.2, -0.15) is 0 Å². The second-order valence-corrected chi connectivity index (χ2v) is 2.70. The Labute approximate surface area is 73.7 Å². The molecule has 1 amide bonds. The predicted octanol–water partition coefficient (Wildman–Crippen LogP) is 0.253. The largest absolute Gasteiger partial charge is 0.343 e. The Morgan fingerprint density at radius 3 is 2.83 bits per heavy atom. The first-order chi connectivity index (χ1) is 5.70. The highest BCUT2D eigenvalue weighted by Crippen LogP contribution is 1.93. The first-order valence-corrected chi connectivity index (χ1v) is 4.16. The molecule has 0 radical (unpaired) electrons. The third-order valence-electron chi connectivity index (χ3n) is 1.49. The van der Waals surface area contributed by atoms with Crippen LogP contribution in [0.4, 0.5) is 0 Å². The van der Waals surface area contributed by atoms with Crippen molar-refractivity contribution >= 4 is 5.91 Å². The Morgan fingerprint density at radius 1 is 1.67 bits per heavy atom. The molecule has 0 saturated heterocycles. The summed E-state index contributed by atoms with van der Waals surface area (Å²) in [6.07, 6.45) is 7.33. The zero-order valence-electron chi connectivity index (χ0n) is 7.47. The minimum absolute atomic E-state index is 0.00824. The molecule has 3 N–H and O–H groups in total. The van der Waals surface area contributed by atoms with Crippen molar-refractivity contribution in [1.29, 1.82) is 0 Å². The molecule has 0 bridgehead atoms. The molecule has 0 aliphatic carbocycles. The summed E-state index contributed by atoms with van der Waals surface area (Å²) in [5.74, 6) is 2.44. The number of carbonyl (C=O) groups excluding carboxylic acids is 1. The number of terminal acetylenes is 1. The van der Waals surface area contributed by atoms with E-state index in [2.05, 4.69) is 11.2 Å². The summed E-state index contributed by atoms with van der Waals surface area (Å²) in [4.78, 5) is 11.0. The summed E-state index contributed by atoms with van der Waals surface area (Å²) in [5.41, 5.74) is 5.28. The Balaban J connectivity index is 3.41. The summed E-state index contributed by atoms with van der Waals surface area (Å²) < 4.78 is 0. The lowest BCUT2D eigenvalue weighted by Gasteiger charge is -2.06. The van der Waals surface area contributed by atoms with Gasteiger partial charge in [0.15, 0.2) is 0 Å². The molecule has 0 aliphatic rings. The second-order valence-electron chi connectivity index (χ2n) is 2.70. The molecule has 0 aliphatic heterocycles. The van der Waals surface area contributed by atoms with E-state index in [1.54, 1.807) is 6.92 Å². The third kappa shape index (κ3) is 5.75. The van der Waals surface area contributed by atoms with Crippen LogP contribution in [0, 0.1) is 12.3 Å². The van der Waals surface area contributed by atoms with Crippen molar-refractivity contribution in [3.63, 3.8) is 0 Å². The maximum absolute atomic E-state index is 11.0. The molecule has 0 aromatic carbocycles. The summed E-state index contributed by atoms with van der Waals surface area (Å²) in [6, 6.07) is -0.171. The van der Waals surface area contributed by atoms with Crippen LogP contribution in [0.25, 0.3) is 0 Å². The predicted molar refractivity (Wildman–Crippen MR) is 49.3 cm³/mol. The maximum atomic E-state index is 11.0. The number of hydrogen-bond donors (Lipinski definition) is 2. The number of hydrogen-bond acceptors (Lipinski definition) is 2. The molecular weight excluding hydrogens is 152 g/mol. The van der Waals surface area contributed by atoms with Crippen molar-refractivity contribution in [3.05, 3.63) is 0 Å². The monoisotopic (exact) mass is 168 g/mol. The minimum atomic E-state index is -0.171. The van der Waals surface area contributed by atoms with Gasteiger partial charge in [0.1, 0.15) is 0 Å². The van der Waals surface area contributed by atoms with Gasteiger partial charge in [-0.15, -0.1) is 6.42 Å². The van der Waals surface area contributed by atoms with E-state index in [1.165, 1.54) is 0 Å². The van der Waals surface area contributed by atoms with Crippen LogP contribution in [0.15, 0.2) is 0 Å². The van der Waals surface area contributed by atoms with Crippen LogP contribution in [0.3, 0.4) is 0 Å². The Hall–Kier alpha value is -1.01. The fourth-order valence-corrected chi connectivity index (χ4v) is 0.785. The van der Waals surface area contributed by atoms with Gasteiger partial charge >= 0.3 is 0 Å². The van der Waals surface area contributed by atoms with E-state index in [1.807, 2.05) is 0 Å². The summed E-state index contributed by atoms with van der Waals surface area (Å²) in [5, 5.41) is 2.67. The second kappa shape index (κ2) is 6.68. The van der Waals surface area contributed by atoms with E-state index in [0.717, 1.165) is 12.8 Å². The van der Waals surface area contributed by atoms with Gasteiger partial charge in [0.05, 0.1) is 6.04 Å². The highest BCUT2D eigenvalue weighted by Gasteiger charge is 2.02. The van der Waals surface area contributed by atoms with Crippen molar-refractivity contribution in [3.8, 4) is 12.3 Å². The molecule has 0 aromatic rings. The lowest BCUT2D eigenvalue weighted by atomic mass is 10.2. The van der Waals surface area contributed by atoms with Crippen molar-refractivity contribution in [1.82, 2.24) is 5.32 Å². The lowest BCUT2D eigenvalue weighted by Crippen LogP contribution is -2.31. The molecule has 0 aromatic heterocycles. The standard InChI is InChI=1S/C9H16N2O/c1-3-8(2)11-9(12)6-4-5-7-10/h1,8H,4-7,10H2,2H3,(H,11,12). The van der Waals surface area contributed by atoms with E-state index in [-0.39, 0.29) is 11.9 Å². The zero-order valence-corrected chi connectivity index (χ0v) is 7.47. The highest BCUT2D eigenvalue weighted by atomic mass is 16.1. The van der Waals surface area contributed by atoms with Crippen LogP contribution in [0.1, 0.15) is 26.2 Å². The number of nitrogens with one attached hydrogen (secondary N) is 1.